The lowest BCUT2D eigenvalue weighted by Crippen LogP contribution is -2.12. The highest BCUT2D eigenvalue weighted by atomic mass is 32.2. The summed E-state index contributed by atoms with van der Waals surface area (Å²) in [6.45, 7) is 3.87. The third-order valence-electron chi connectivity index (χ3n) is 4.14. The van der Waals surface area contributed by atoms with Crippen LogP contribution < -0.4 is 0 Å². The van der Waals surface area contributed by atoms with E-state index in [2.05, 4.69) is 4.99 Å². The summed E-state index contributed by atoms with van der Waals surface area (Å²) in [7, 11) is 0. The third kappa shape index (κ3) is 4.28. The Kier molecular flexibility index (Phi) is 6.21. The predicted molar refractivity (Wildman–Crippen MR) is 113 cm³/mol. The van der Waals surface area contributed by atoms with Crippen LogP contribution in [0.1, 0.15) is 25.0 Å². The van der Waals surface area contributed by atoms with Crippen LogP contribution in [0.15, 0.2) is 69.8 Å². The first kappa shape index (κ1) is 19.8. The van der Waals surface area contributed by atoms with Gasteiger partial charge in [-0.25, -0.2) is 9.79 Å². The molecule has 0 fully saturated rings. The molecule has 0 amide bonds. The van der Waals surface area contributed by atoms with Crippen molar-refractivity contribution < 1.29 is 19.7 Å². The van der Waals surface area contributed by atoms with Gasteiger partial charge in [-0.3, -0.25) is 0 Å². The summed E-state index contributed by atoms with van der Waals surface area (Å²) in [6, 6.07) is 14.5. The number of aliphatic hydroxyl groups excluding tert-OH is 1. The van der Waals surface area contributed by atoms with Gasteiger partial charge in [-0.15, -0.1) is 0 Å². The Bertz CT molecular complexity index is 977. The van der Waals surface area contributed by atoms with Gasteiger partial charge < -0.3 is 14.9 Å². The van der Waals surface area contributed by atoms with Crippen LogP contribution in [0.3, 0.4) is 0 Å². The normalized spacial score (nSPS) is 16.8. The number of carbonyl (C=O) groups is 1. The van der Waals surface area contributed by atoms with Crippen LogP contribution in [0.25, 0.3) is 6.08 Å². The van der Waals surface area contributed by atoms with Gasteiger partial charge in [-0.05, 0) is 54.8 Å². The van der Waals surface area contributed by atoms with Crippen molar-refractivity contribution in [1.82, 2.24) is 0 Å². The van der Waals surface area contributed by atoms with Crippen molar-refractivity contribution >= 4 is 34.5 Å². The van der Waals surface area contributed by atoms with Gasteiger partial charge in [0.1, 0.15) is 22.1 Å². The van der Waals surface area contributed by atoms with E-state index in [9.17, 15) is 15.0 Å². The molecular formula is C22H21NO4S. The van der Waals surface area contributed by atoms with Crippen LogP contribution in [0.4, 0.5) is 5.69 Å². The van der Waals surface area contributed by atoms with Crippen LogP contribution in [0, 0.1) is 0 Å². The summed E-state index contributed by atoms with van der Waals surface area (Å²) in [6.07, 6.45) is 2.46. The molecule has 0 aliphatic carbocycles. The maximum atomic E-state index is 12.4. The topological polar surface area (TPSA) is 79.1 Å². The van der Waals surface area contributed by atoms with Gasteiger partial charge in [0.25, 0.3) is 0 Å². The molecule has 3 rings (SSSR count). The number of nitrogens with zero attached hydrogens (tertiary/aromatic N) is 1. The number of esters is 1. The summed E-state index contributed by atoms with van der Waals surface area (Å²) >= 11 is 1.21. The molecule has 0 radical (unpaired) electrons. The number of rotatable bonds is 5. The number of thioether (sulfide) groups is 1. The summed E-state index contributed by atoms with van der Waals surface area (Å²) in [4.78, 5) is 17.4. The maximum absolute atomic E-state index is 12.4. The van der Waals surface area contributed by atoms with Crippen molar-refractivity contribution in [3.63, 3.8) is 0 Å². The number of phenols is 1. The van der Waals surface area contributed by atoms with E-state index in [1.807, 2.05) is 43.3 Å². The fraction of sp³-hybridized carbons (Fsp3) is 0.182. The number of aryl methyl sites for hydroxylation is 1. The molecule has 28 heavy (non-hydrogen) atoms. The van der Waals surface area contributed by atoms with Crippen molar-refractivity contribution in [3.05, 3.63) is 75.9 Å². The second-order valence-corrected chi connectivity index (χ2v) is 7.08. The number of carbonyl (C=O) groups excluding carboxylic acids is 1. The van der Waals surface area contributed by atoms with E-state index < -0.39 is 5.97 Å². The Morgan fingerprint density at radius 3 is 2.57 bits per heavy atom. The Balaban J connectivity index is 2.04. The zero-order valence-corrected chi connectivity index (χ0v) is 16.5. The highest BCUT2D eigenvalue weighted by molar-refractivity contribution is 8.18. The molecule has 0 aromatic heterocycles. The molecule has 1 heterocycles. The fourth-order valence-corrected chi connectivity index (χ4v) is 3.78. The maximum Gasteiger partial charge on any atom is 0.344 e. The average molecular weight is 395 g/mol. The van der Waals surface area contributed by atoms with E-state index in [0.29, 0.717) is 22.1 Å². The van der Waals surface area contributed by atoms with Gasteiger partial charge in [-0.1, -0.05) is 43.0 Å². The second-order valence-electron chi connectivity index (χ2n) is 6.05. The highest BCUT2D eigenvalue weighted by Crippen LogP contribution is 2.40. The molecule has 0 atom stereocenters. The molecule has 144 valence electrons. The molecule has 0 unspecified atom stereocenters. The van der Waals surface area contributed by atoms with Gasteiger partial charge >= 0.3 is 5.97 Å². The van der Waals surface area contributed by atoms with Crippen LogP contribution >= 0.6 is 11.8 Å². The molecule has 2 aromatic carbocycles. The molecule has 2 N–H and O–H groups in total. The number of aliphatic hydroxyl groups is 1. The van der Waals surface area contributed by atoms with Crippen molar-refractivity contribution in [3.8, 4) is 5.75 Å². The van der Waals surface area contributed by atoms with Gasteiger partial charge in [0.05, 0.1) is 17.2 Å². The van der Waals surface area contributed by atoms with Crippen LogP contribution in [0.5, 0.6) is 5.75 Å². The van der Waals surface area contributed by atoms with Gasteiger partial charge in [0.15, 0.2) is 0 Å². The molecule has 0 saturated carbocycles. The summed E-state index contributed by atoms with van der Waals surface area (Å²) in [5.74, 6) is -0.517. The molecule has 1 aliphatic rings. The molecule has 5 nitrogen and oxygen atoms in total. The smallest absolute Gasteiger partial charge is 0.344 e. The fourth-order valence-electron chi connectivity index (χ4n) is 2.74. The average Bonchev–Trinajstić information content (AvgIpc) is 2.99. The zero-order valence-electron chi connectivity index (χ0n) is 15.7. The second kappa shape index (κ2) is 8.80. The minimum Gasteiger partial charge on any atom is -0.508 e. The lowest BCUT2D eigenvalue weighted by molar-refractivity contribution is -0.138. The number of benzene rings is 2. The number of aliphatic imine (C=N–C) groups is 1. The van der Waals surface area contributed by atoms with Crippen molar-refractivity contribution in [2.45, 2.75) is 20.3 Å². The van der Waals surface area contributed by atoms with E-state index >= 15 is 0 Å². The van der Waals surface area contributed by atoms with Crippen LogP contribution in [-0.4, -0.2) is 27.8 Å². The van der Waals surface area contributed by atoms with Gasteiger partial charge in [0, 0.05) is 0 Å². The Morgan fingerprint density at radius 2 is 1.89 bits per heavy atom. The summed E-state index contributed by atoms with van der Waals surface area (Å²) in [5, 5.41) is 21.0. The van der Waals surface area contributed by atoms with Gasteiger partial charge in [0.2, 0.25) is 0 Å². The molecule has 2 aromatic rings. The minimum atomic E-state index is -0.606. The Labute approximate surface area is 168 Å². The van der Waals surface area contributed by atoms with E-state index in [1.165, 1.54) is 11.8 Å². The number of ether oxygens (including phenoxy) is 1. The molecule has 0 spiro atoms. The predicted octanol–water partition coefficient (Wildman–Crippen LogP) is 5.15. The van der Waals surface area contributed by atoms with E-state index in [1.54, 1.807) is 25.1 Å². The first-order valence-electron chi connectivity index (χ1n) is 8.99. The Morgan fingerprint density at radius 1 is 1.14 bits per heavy atom. The number of hydrogen-bond donors (Lipinski definition) is 2. The number of hydrogen-bond acceptors (Lipinski definition) is 6. The number of phenolic OH excluding ortho intramolecular Hbond substituents is 1. The van der Waals surface area contributed by atoms with Crippen molar-refractivity contribution in [1.29, 1.82) is 0 Å². The van der Waals surface area contributed by atoms with Crippen LogP contribution in [-0.2, 0) is 16.0 Å². The minimum absolute atomic E-state index is 0.0662. The largest absolute Gasteiger partial charge is 0.508 e. The Hall–Kier alpha value is -2.99. The first-order chi connectivity index (χ1) is 13.5. The van der Waals surface area contributed by atoms with Gasteiger partial charge in [-0.2, -0.15) is 0 Å². The van der Waals surface area contributed by atoms with E-state index in [-0.39, 0.29) is 23.7 Å². The number of para-hydroxylation sites is 1. The summed E-state index contributed by atoms with van der Waals surface area (Å²) in [5.41, 5.74) is 2.37. The quantitative estimate of drug-likeness (QED) is 0.685. The molecule has 6 heteroatoms. The van der Waals surface area contributed by atoms with Crippen molar-refractivity contribution in [2.24, 2.45) is 4.99 Å². The standard InChI is InChI=1S/C22H21NO4S/c1-3-15-12-14(10-11-17(15)24)13-18-20(25)19(22(26)27-4-2)21(28-18)23-16-8-6-5-7-9-16/h5-13,24-25H,3-4H2,1-2H3/b18-13-,23-21?. The highest BCUT2D eigenvalue weighted by Gasteiger charge is 2.33. The first-order valence-corrected chi connectivity index (χ1v) is 9.81. The lowest BCUT2D eigenvalue weighted by atomic mass is 10.1. The number of aromatic hydroxyl groups is 1. The SMILES string of the molecule is CCOC(=O)C1=C(O)/C(=C/c2ccc(O)c(CC)c2)SC1=Nc1ccccc1. The third-order valence-corrected chi connectivity index (χ3v) is 5.16. The lowest BCUT2D eigenvalue weighted by Gasteiger charge is -2.04. The van der Waals surface area contributed by atoms with E-state index in [4.69, 9.17) is 4.74 Å². The van der Waals surface area contributed by atoms with Crippen molar-refractivity contribution in [2.75, 3.05) is 6.61 Å². The van der Waals surface area contributed by atoms with E-state index in [0.717, 1.165) is 11.1 Å². The molecule has 1 aliphatic heterocycles. The zero-order chi connectivity index (χ0) is 20.1. The molecular weight excluding hydrogens is 374 g/mol. The summed E-state index contributed by atoms with van der Waals surface area (Å²) < 4.78 is 5.10. The molecule has 0 saturated heterocycles. The van der Waals surface area contributed by atoms with Crippen LogP contribution in [0.2, 0.25) is 0 Å². The monoisotopic (exact) mass is 395 g/mol. The molecule has 0 bridgehead atoms.